The molecule has 1 aliphatic heterocycles. The fourth-order valence-corrected chi connectivity index (χ4v) is 4.58. The molecule has 2 N–H and O–H groups in total. The highest BCUT2D eigenvalue weighted by atomic mass is 16.3. The molecule has 1 aliphatic carbocycles. The van der Waals surface area contributed by atoms with Gasteiger partial charge in [0.1, 0.15) is 5.60 Å². The molecule has 1 amide bonds. The van der Waals surface area contributed by atoms with E-state index < -0.39 is 5.60 Å². The van der Waals surface area contributed by atoms with Crippen LogP contribution in [-0.2, 0) is 10.4 Å². The van der Waals surface area contributed by atoms with Crippen LogP contribution in [0.3, 0.4) is 0 Å². The average molecular weight is 446 g/mol. The van der Waals surface area contributed by atoms with Crippen LogP contribution in [0.25, 0.3) is 16.6 Å². The van der Waals surface area contributed by atoms with Gasteiger partial charge in [0.25, 0.3) is 0 Å². The Labute approximate surface area is 194 Å². The highest BCUT2D eigenvalue weighted by Gasteiger charge is 2.34. The fraction of sp³-hybridized carbons (Fsp3) is 0.385. The largest absolute Gasteiger partial charge is 0.388 e. The molecule has 1 atom stereocenters. The summed E-state index contributed by atoms with van der Waals surface area (Å²) in [5.41, 5.74) is 4.22. The number of nitrogens with zero attached hydrogens (tertiary/aromatic N) is 4. The molecule has 33 heavy (non-hydrogen) atoms. The van der Waals surface area contributed by atoms with E-state index in [9.17, 15) is 9.90 Å². The van der Waals surface area contributed by atoms with Crippen molar-refractivity contribution in [3.8, 4) is 11.1 Å². The number of aromatic nitrogens is 2. The minimum Gasteiger partial charge on any atom is -0.388 e. The molecule has 3 aromatic rings. The number of nitrogens with one attached hydrogen (secondary N) is 1. The van der Waals surface area contributed by atoms with Gasteiger partial charge >= 0.3 is 0 Å². The number of aliphatic hydroxyl groups is 1. The Kier molecular flexibility index (Phi) is 5.58. The lowest BCUT2D eigenvalue weighted by atomic mass is 9.94. The van der Waals surface area contributed by atoms with Crippen molar-refractivity contribution in [2.45, 2.75) is 25.4 Å². The second-order valence-corrected chi connectivity index (χ2v) is 9.30. The van der Waals surface area contributed by atoms with Gasteiger partial charge in [0.2, 0.25) is 5.91 Å². The number of rotatable bonds is 7. The van der Waals surface area contributed by atoms with Gasteiger partial charge in [-0.25, -0.2) is 4.52 Å². The van der Waals surface area contributed by atoms with E-state index in [1.54, 1.807) is 13.1 Å². The quantitative estimate of drug-likeness (QED) is 0.585. The molecule has 0 bridgehead atoms. The number of piperazine rings is 1. The topological polar surface area (TPSA) is 73.1 Å². The molecular weight excluding hydrogens is 414 g/mol. The van der Waals surface area contributed by atoms with Crippen molar-refractivity contribution in [3.05, 3.63) is 67.1 Å². The van der Waals surface area contributed by atoms with Crippen molar-refractivity contribution in [2.75, 3.05) is 37.6 Å². The van der Waals surface area contributed by atoms with Crippen molar-refractivity contribution < 1.29 is 9.90 Å². The van der Waals surface area contributed by atoms with E-state index >= 15 is 0 Å². The summed E-state index contributed by atoms with van der Waals surface area (Å²) in [6.45, 7) is 9.06. The van der Waals surface area contributed by atoms with E-state index in [-0.39, 0.29) is 5.92 Å². The third kappa shape index (κ3) is 4.33. The third-order valence-electron chi connectivity index (χ3n) is 6.78. The summed E-state index contributed by atoms with van der Waals surface area (Å²) in [7, 11) is 0. The Bertz CT molecular complexity index is 1160. The van der Waals surface area contributed by atoms with E-state index in [0.717, 1.165) is 66.9 Å². The van der Waals surface area contributed by atoms with Crippen molar-refractivity contribution >= 4 is 17.1 Å². The summed E-state index contributed by atoms with van der Waals surface area (Å²) in [6.07, 6.45) is 7.58. The average Bonchev–Trinajstić information content (AvgIpc) is 3.60. The van der Waals surface area contributed by atoms with Gasteiger partial charge in [-0.1, -0.05) is 30.8 Å². The molecule has 2 fully saturated rings. The Morgan fingerprint density at radius 2 is 1.91 bits per heavy atom. The second kappa shape index (κ2) is 8.56. The summed E-state index contributed by atoms with van der Waals surface area (Å²) >= 11 is 0. The summed E-state index contributed by atoms with van der Waals surface area (Å²) in [5.74, 6) is 0.618. The van der Waals surface area contributed by atoms with Gasteiger partial charge in [0, 0.05) is 56.6 Å². The predicted octanol–water partition coefficient (Wildman–Crippen LogP) is 3.00. The molecule has 0 radical (unpaired) electrons. The number of amides is 1. The normalized spacial score (nSPS) is 18.2. The Morgan fingerprint density at radius 1 is 1.18 bits per heavy atom. The molecule has 1 unspecified atom stereocenters. The van der Waals surface area contributed by atoms with Crippen molar-refractivity contribution in [3.63, 3.8) is 0 Å². The molecule has 1 saturated heterocycles. The summed E-state index contributed by atoms with van der Waals surface area (Å²) < 4.78 is 1.92. The summed E-state index contributed by atoms with van der Waals surface area (Å²) in [4.78, 5) is 16.8. The number of anilines is 1. The molecule has 7 heteroatoms. The summed E-state index contributed by atoms with van der Waals surface area (Å²) in [6, 6.07) is 12.2. The van der Waals surface area contributed by atoms with Crippen LogP contribution < -0.4 is 10.2 Å². The van der Waals surface area contributed by atoms with Crippen LogP contribution in [0.1, 0.15) is 25.3 Å². The van der Waals surface area contributed by atoms with Crippen molar-refractivity contribution in [1.29, 1.82) is 0 Å². The smallest absolute Gasteiger partial charge is 0.225 e. The molecule has 1 saturated carbocycles. The van der Waals surface area contributed by atoms with Gasteiger partial charge in [-0.15, -0.1) is 0 Å². The molecule has 1 aromatic carbocycles. The van der Waals surface area contributed by atoms with E-state index in [4.69, 9.17) is 0 Å². The molecular formula is C26H31N5O2. The molecule has 7 nitrogen and oxygen atoms in total. The highest BCUT2D eigenvalue weighted by Crippen LogP contribution is 2.33. The minimum atomic E-state index is -0.976. The number of carbonyl (C=O) groups excluding carboxylic acids is 1. The van der Waals surface area contributed by atoms with Crippen LogP contribution in [0.5, 0.6) is 0 Å². The molecule has 5 rings (SSSR count). The minimum absolute atomic E-state index is 0.283. The van der Waals surface area contributed by atoms with E-state index in [0.29, 0.717) is 12.5 Å². The van der Waals surface area contributed by atoms with Crippen LogP contribution in [-0.4, -0.2) is 58.3 Å². The first kappa shape index (κ1) is 21.5. The fourth-order valence-electron chi connectivity index (χ4n) is 4.58. The van der Waals surface area contributed by atoms with Gasteiger partial charge in [-0.3, -0.25) is 4.79 Å². The van der Waals surface area contributed by atoms with Gasteiger partial charge in [-0.05, 0) is 49.2 Å². The third-order valence-corrected chi connectivity index (χ3v) is 6.78. The monoisotopic (exact) mass is 445 g/mol. The highest BCUT2D eigenvalue weighted by molar-refractivity contribution is 5.82. The van der Waals surface area contributed by atoms with Crippen LogP contribution in [0, 0.1) is 5.92 Å². The number of hydrogen-bond donors (Lipinski definition) is 2. The Balaban J connectivity index is 1.35. The lowest BCUT2D eigenvalue weighted by Crippen LogP contribution is -2.49. The van der Waals surface area contributed by atoms with Gasteiger partial charge in [0.15, 0.2) is 0 Å². The lowest BCUT2D eigenvalue weighted by molar-refractivity contribution is -0.132. The first-order valence-corrected chi connectivity index (χ1v) is 11.6. The van der Waals surface area contributed by atoms with Crippen LogP contribution in [0.4, 0.5) is 5.69 Å². The molecule has 0 spiro atoms. The van der Waals surface area contributed by atoms with Crippen molar-refractivity contribution in [2.24, 2.45) is 5.92 Å². The van der Waals surface area contributed by atoms with Crippen LogP contribution in [0.2, 0.25) is 0 Å². The van der Waals surface area contributed by atoms with Crippen molar-refractivity contribution in [1.82, 2.24) is 19.8 Å². The molecule has 172 valence electrons. The molecule has 3 heterocycles. The number of fused-ring (bicyclic) bond motifs is 1. The Morgan fingerprint density at radius 3 is 2.58 bits per heavy atom. The maximum absolute atomic E-state index is 12.4. The number of carbonyl (C=O) groups is 1. The predicted molar refractivity (Wildman–Crippen MR) is 130 cm³/mol. The van der Waals surface area contributed by atoms with Gasteiger partial charge < -0.3 is 20.2 Å². The van der Waals surface area contributed by atoms with Crippen LogP contribution in [0.15, 0.2) is 61.6 Å². The Hall–Kier alpha value is -3.32. The molecule has 2 aromatic heterocycles. The first-order valence-electron chi connectivity index (χ1n) is 11.6. The second-order valence-electron chi connectivity index (χ2n) is 9.30. The molecule has 2 aliphatic rings. The zero-order valence-electron chi connectivity index (χ0n) is 19.1. The van der Waals surface area contributed by atoms with E-state index in [1.165, 1.54) is 0 Å². The number of hydrogen-bond acceptors (Lipinski definition) is 5. The lowest BCUT2D eigenvalue weighted by Gasteiger charge is -2.36. The van der Waals surface area contributed by atoms with E-state index in [2.05, 4.69) is 34.0 Å². The maximum Gasteiger partial charge on any atom is 0.225 e. The maximum atomic E-state index is 12.4. The van der Waals surface area contributed by atoms with E-state index in [1.807, 2.05) is 46.1 Å². The van der Waals surface area contributed by atoms with Crippen LogP contribution >= 0.6 is 0 Å². The first-order chi connectivity index (χ1) is 16.0. The summed E-state index contributed by atoms with van der Waals surface area (Å²) in [5, 5.41) is 18.2. The number of benzene rings is 1. The standard InChI is InChI=1S/C26H31N5O2/c1-3-27-18-26(2,33)22-8-6-19(7-9-22)21-16-24-23(10-11-28-31(24)17-21)29-12-14-30(15-13-29)25(32)20-4-5-20/h3,6-11,16-17,20,27,33H,1,4-5,12-15,18H2,2H3. The van der Waals surface area contributed by atoms with Gasteiger partial charge in [0.05, 0.1) is 11.2 Å². The van der Waals surface area contributed by atoms with Gasteiger partial charge in [-0.2, -0.15) is 5.10 Å². The zero-order chi connectivity index (χ0) is 23.0. The SMILES string of the molecule is C=CNCC(C)(O)c1ccc(-c2cc3c(N4CCN(C(=O)C5CC5)CC4)ccnn3c2)cc1. The zero-order valence-corrected chi connectivity index (χ0v) is 19.1.